The number of phenols is 2. The number of esters is 2. The molecule has 128 valence electrons. The van der Waals surface area contributed by atoms with Crippen LogP contribution in [0.25, 0.3) is 10.8 Å². The van der Waals surface area contributed by atoms with Crippen LogP contribution in [-0.4, -0.2) is 50.6 Å². The quantitative estimate of drug-likeness (QED) is 0.814. The van der Waals surface area contributed by atoms with Crippen LogP contribution in [0.1, 0.15) is 20.7 Å². The Balaban J connectivity index is 3.11. The summed E-state index contributed by atoms with van der Waals surface area (Å²) in [7, 11) is 4.87. The molecule has 0 heterocycles. The van der Waals surface area contributed by atoms with Crippen molar-refractivity contribution in [2.24, 2.45) is 0 Å². The van der Waals surface area contributed by atoms with E-state index in [0.717, 1.165) is 20.3 Å². The van der Waals surface area contributed by atoms with Gasteiger partial charge in [0.25, 0.3) is 0 Å². The first-order chi connectivity index (χ1) is 11.4. The number of benzene rings is 2. The molecule has 0 bridgehead atoms. The first-order valence-electron chi connectivity index (χ1n) is 6.71. The molecule has 2 rings (SSSR count). The van der Waals surface area contributed by atoms with E-state index in [9.17, 15) is 19.8 Å². The molecule has 0 aliphatic heterocycles. The highest BCUT2D eigenvalue weighted by Gasteiger charge is 2.29. The lowest BCUT2D eigenvalue weighted by atomic mass is 9.96. The highest BCUT2D eigenvalue weighted by Crippen LogP contribution is 2.47. The van der Waals surface area contributed by atoms with Crippen molar-refractivity contribution in [3.05, 3.63) is 23.3 Å². The number of aromatic hydroxyl groups is 2. The van der Waals surface area contributed by atoms with E-state index in [1.807, 2.05) is 0 Å². The number of phenolic OH excluding ortho intramolecular Hbond substituents is 2. The van der Waals surface area contributed by atoms with Crippen molar-refractivity contribution in [3.8, 4) is 23.0 Å². The molecule has 0 saturated heterocycles. The number of fused-ring (bicyclic) bond motifs is 1. The Labute approximate surface area is 137 Å². The summed E-state index contributed by atoms with van der Waals surface area (Å²) in [5.41, 5.74) is -0.382. The third-order valence-electron chi connectivity index (χ3n) is 3.50. The van der Waals surface area contributed by atoms with Crippen molar-refractivity contribution >= 4 is 22.7 Å². The second-order valence-electron chi connectivity index (χ2n) is 4.69. The van der Waals surface area contributed by atoms with Gasteiger partial charge in [-0.05, 0) is 12.1 Å². The molecule has 2 aromatic rings. The van der Waals surface area contributed by atoms with Crippen LogP contribution in [0, 0.1) is 0 Å². The molecule has 0 unspecified atom stereocenters. The fourth-order valence-corrected chi connectivity index (χ4v) is 2.48. The Kier molecular flexibility index (Phi) is 4.68. The van der Waals surface area contributed by atoms with Gasteiger partial charge in [0.2, 0.25) is 5.75 Å². The summed E-state index contributed by atoms with van der Waals surface area (Å²) < 4.78 is 19.7. The van der Waals surface area contributed by atoms with Gasteiger partial charge in [0, 0.05) is 10.8 Å². The van der Waals surface area contributed by atoms with E-state index in [-0.39, 0.29) is 44.9 Å². The third kappa shape index (κ3) is 2.51. The van der Waals surface area contributed by atoms with Crippen LogP contribution < -0.4 is 9.47 Å². The first-order valence-corrected chi connectivity index (χ1v) is 6.71. The maximum Gasteiger partial charge on any atom is 0.339 e. The summed E-state index contributed by atoms with van der Waals surface area (Å²) in [5, 5.41) is 20.4. The van der Waals surface area contributed by atoms with Gasteiger partial charge in [-0.1, -0.05) is 0 Å². The van der Waals surface area contributed by atoms with Crippen LogP contribution in [0.3, 0.4) is 0 Å². The summed E-state index contributed by atoms with van der Waals surface area (Å²) in [6.07, 6.45) is 0. The van der Waals surface area contributed by atoms with Crippen molar-refractivity contribution in [2.45, 2.75) is 0 Å². The number of ether oxygens (including phenoxy) is 4. The Bertz CT molecular complexity index is 825. The molecule has 24 heavy (non-hydrogen) atoms. The minimum atomic E-state index is -0.846. The Morgan fingerprint density at radius 1 is 0.833 bits per heavy atom. The SMILES string of the molecule is COC(=O)c1cc(O)c2cc(O)c(OC)c(OC)c2c1C(=O)OC. The summed E-state index contributed by atoms with van der Waals surface area (Å²) in [5.74, 6) is -2.44. The molecule has 2 N–H and O–H groups in total. The lowest BCUT2D eigenvalue weighted by Crippen LogP contribution is -2.13. The van der Waals surface area contributed by atoms with Gasteiger partial charge >= 0.3 is 11.9 Å². The van der Waals surface area contributed by atoms with Crippen molar-refractivity contribution in [1.29, 1.82) is 0 Å². The predicted octanol–water partition coefficient (Wildman–Crippen LogP) is 1.84. The predicted molar refractivity (Wildman–Crippen MR) is 83.1 cm³/mol. The van der Waals surface area contributed by atoms with Gasteiger partial charge in [-0.15, -0.1) is 0 Å². The Hall–Kier alpha value is -3.16. The standard InChI is InChI=1S/C16H16O8/c1-21-13-10(18)5-7-9(17)6-8(15(19)23-3)12(16(20)24-4)11(7)14(13)22-2/h5-6,17-18H,1-4H3. The van der Waals surface area contributed by atoms with E-state index in [1.165, 1.54) is 20.3 Å². The van der Waals surface area contributed by atoms with Gasteiger partial charge in [-0.3, -0.25) is 0 Å². The van der Waals surface area contributed by atoms with Crippen LogP contribution in [-0.2, 0) is 9.47 Å². The average Bonchev–Trinajstić information content (AvgIpc) is 2.59. The topological polar surface area (TPSA) is 112 Å². The van der Waals surface area contributed by atoms with Crippen LogP contribution in [0.5, 0.6) is 23.0 Å². The summed E-state index contributed by atoms with van der Waals surface area (Å²) in [6, 6.07) is 2.26. The van der Waals surface area contributed by atoms with E-state index >= 15 is 0 Å². The molecule has 8 heteroatoms. The van der Waals surface area contributed by atoms with E-state index in [0.29, 0.717) is 0 Å². The normalized spacial score (nSPS) is 10.3. The molecule has 0 aromatic heterocycles. The third-order valence-corrected chi connectivity index (χ3v) is 3.50. The van der Waals surface area contributed by atoms with Crippen LogP contribution in [0.15, 0.2) is 12.1 Å². The summed E-state index contributed by atoms with van der Waals surface area (Å²) in [4.78, 5) is 24.3. The molecule has 0 amide bonds. The summed E-state index contributed by atoms with van der Waals surface area (Å²) in [6.45, 7) is 0. The second-order valence-corrected chi connectivity index (χ2v) is 4.69. The van der Waals surface area contributed by atoms with Gasteiger partial charge in [-0.2, -0.15) is 0 Å². The maximum absolute atomic E-state index is 12.3. The van der Waals surface area contributed by atoms with Crippen molar-refractivity contribution < 1.29 is 38.7 Å². The molecule has 0 aliphatic carbocycles. The average molecular weight is 336 g/mol. The number of carbonyl (C=O) groups is 2. The van der Waals surface area contributed by atoms with E-state index in [1.54, 1.807) is 0 Å². The van der Waals surface area contributed by atoms with E-state index in [2.05, 4.69) is 4.74 Å². The van der Waals surface area contributed by atoms with Crippen molar-refractivity contribution in [2.75, 3.05) is 28.4 Å². The van der Waals surface area contributed by atoms with Crippen LogP contribution in [0.2, 0.25) is 0 Å². The number of hydrogen-bond acceptors (Lipinski definition) is 8. The summed E-state index contributed by atoms with van der Waals surface area (Å²) >= 11 is 0. The number of methoxy groups -OCH3 is 4. The number of hydrogen-bond donors (Lipinski definition) is 2. The maximum atomic E-state index is 12.3. The lowest BCUT2D eigenvalue weighted by Gasteiger charge is -2.17. The van der Waals surface area contributed by atoms with Crippen LogP contribution >= 0.6 is 0 Å². The van der Waals surface area contributed by atoms with Gasteiger partial charge in [-0.25, -0.2) is 9.59 Å². The molecule has 0 fully saturated rings. The fraction of sp³-hybridized carbons (Fsp3) is 0.250. The molecule has 8 nitrogen and oxygen atoms in total. The van der Waals surface area contributed by atoms with Crippen LogP contribution in [0.4, 0.5) is 0 Å². The van der Waals surface area contributed by atoms with E-state index < -0.39 is 11.9 Å². The fourth-order valence-electron chi connectivity index (χ4n) is 2.48. The highest BCUT2D eigenvalue weighted by molar-refractivity contribution is 6.16. The molecule has 0 aliphatic rings. The molecular weight excluding hydrogens is 320 g/mol. The second kappa shape index (κ2) is 6.53. The van der Waals surface area contributed by atoms with Gasteiger partial charge in [0.15, 0.2) is 11.5 Å². The number of carbonyl (C=O) groups excluding carboxylic acids is 2. The Morgan fingerprint density at radius 2 is 1.42 bits per heavy atom. The molecular formula is C16H16O8. The monoisotopic (exact) mass is 336 g/mol. The minimum absolute atomic E-state index is 0.0334. The molecule has 0 spiro atoms. The zero-order chi connectivity index (χ0) is 18.0. The van der Waals surface area contributed by atoms with E-state index in [4.69, 9.17) is 14.2 Å². The van der Waals surface area contributed by atoms with Gasteiger partial charge in [0.1, 0.15) is 5.75 Å². The molecule has 0 radical (unpaired) electrons. The van der Waals surface area contributed by atoms with Crippen molar-refractivity contribution in [3.63, 3.8) is 0 Å². The van der Waals surface area contributed by atoms with Gasteiger partial charge < -0.3 is 29.2 Å². The number of rotatable bonds is 4. The van der Waals surface area contributed by atoms with Crippen molar-refractivity contribution in [1.82, 2.24) is 0 Å². The molecule has 2 aromatic carbocycles. The largest absolute Gasteiger partial charge is 0.507 e. The van der Waals surface area contributed by atoms with Gasteiger partial charge in [0.05, 0.1) is 39.6 Å². The molecule has 0 saturated carbocycles. The lowest BCUT2D eigenvalue weighted by molar-refractivity contribution is 0.0556. The minimum Gasteiger partial charge on any atom is -0.507 e. The Morgan fingerprint density at radius 3 is 1.92 bits per heavy atom. The zero-order valence-corrected chi connectivity index (χ0v) is 13.5. The smallest absolute Gasteiger partial charge is 0.339 e. The first kappa shape index (κ1) is 17.2. The molecule has 0 atom stereocenters. The highest BCUT2D eigenvalue weighted by atomic mass is 16.5. The zero-order valence-electron chi connectivity index (χ0n) is 13.5.